The topological polar surface area (TPSA) is 33.2 Å². The predicted octanol–water partition coefficient (Wildman–Crippen LogP) is 1.88. The Labute approximate surface area is 91.1 Å². The average Bonchev–Trinajstić information content (AvgIpc) is 2.18. The van der Waals surface area contributed by atoms with Crippen LogP contribution >= 0.6 is 0 Å². The molecule has 0 radical (unpaired) electrons. The van der Waals surface area contributed by atoms with Gasteiger partial charge < -0.3 is 9.69 Å². The van der Waals surface area contributed by atoms with Crippen molar-refractivity contribution in [1.29, 1.82) is 0 Å². The van der Waals surface area contributed by atoms with Crippen LogP contribution in [0.2, 0.25) is 0 Å². The van der Waals surface area contributed by atoms with Gasteiger partial charge in [-0.1, -0.05) is 0 Å². The number of rotatable bonds is 6. The Hall–Kier alpha value is -1.22. The van der Waals surface area contributed by atoms with Crippen LogP contribution in [0.4, 0.5) is 0 Å². The summed E-state index contributed by atoms with van der Waals surface area (Å²) in [6, 6.07) is 4.03. The van der Waals surface area contributed by atoms with E-state index in [1.54, 1.807) is 19.3 Å². The summed E-state index contributed by atoms with van der Waals surface area (Å²) >= 11 is 0. The quantitative estimate of drug-likeness (QED) is 0.712. The molecule has 3 heteroatoms. The zero-order valence-corrected chi connectivity index (χ0v) is 9.44. The fraction of sp³-hybridized carbons (Fsp3) is 0.500. The van der Waals surface area contributed by atoms with Crippen LogP contribution in [0.1, 0.15) is 25.3 Å². The molecular formula is C12H18N2O. The molecule has 0 amide bonds. The van der Waals surface area contributed by atoms with Crippen LogP contribution in [0.15, 0.2) is 24.5 Å². The van der Waals surface area contributed by atoms with E-state index in [4.69, 9.17) is 0 Å². The van der Waals surface area contributed by atoms with Gasteiger partial charge in [0.25, 0.3) is 0 Å². The molecule has 0 saturated carbocycles. The lowest BCUT2D eigenvalue weighted by Crippen LogP contribution is -2.19. The standard InChI is InChI=1S/C12H18N2O/c1-11(15)4-3-9-14(2)10-12-5-7-13-8-6-12/h5-8H,3-4,9-10H2,1-2H3. The van der Waals surface area contributed by atoms with Crippen molar-refractivity contribution < 1.29 is 4.79 Å². The fourth-order valence-corrected chi connectivity index (χ4v) is 1.48. The Morgan fingerprint density at radius 3 is 2.67 bits per heavy atom. The highest BCUT2D eigenvalue weighted by atomic mass is 16.1. The maximum Gasteiger partial charge on any atom is 0.129 e. The molecule has 0 aromatic carbocycles. The van der Waals surface area contributed by atoms with E-state index in [0.29, 0.717) is 6.42 Å². The van der Waals surface area contributed by atoms with Crippen molar-refractivity contribution in [1.82, 2.24) is 9.88 Å². The number of carbonyl (C=O) groups is 1. The number of carbonyl (C=O) groups excluding carboxylic acids is 1. The number of hydrogen-bond donors (Lipinski definition) is 0. The molecule has 0 fully saturated rings. The lowest BCUT2D eigenvalue weighted by molar-refractivity contribution is -0.117. The Morgan fingerprint density at radius 2 is 2.07 bits per heavy atom. The van der Waals surface area contributed by atoms with E-state index in [2.05, 4.69) is 16.9 Å². The summed E-state index contributed by atoms with van der Waals surface area (Å²) in [7, 11) is 2.07. The van der Waals surface area contributed by atoms with E-state index in [1.165, 1.54) is 5.56 Å². The Kier molecular flexibility index (Phi) is 4.98. The number of ketones is 1. The van der Waals surface area contributed by atoms with Crippen LogP contribution in [0.25, 0.3) is 0 Å². The molecule has 0 N–H and O–H groups in total. The Bertz CT molecular complexity index is 298. The third-order valence-electron chi connectivity index (χ3n) is 2.27. The van der Waals surface area contributed by atoms with Crippen LogP contribution in [0, 0.1) is 0 Å². The molecule has 1 aromatic rings. The van der Waals surface area contributed by atoms with Gasteiger partial charge in [0, 0.05) is 25.4 Å². The van der Waals surface area contributed by atoms with E-state index in [-0.39, 0.29) is 5.78 Å². The lowest BCUT2D eigenvalue weighted by atomic mass is 10.2. The van der Waals surface area contributed by atoms with Gasteiger partial charge in [0.1, 0.15) is 5.78 Å². The zero-order chi connectivity index (χ0) is 11.1. The highest BCUT2D eigenvalue weighted by Gasteiger charge is 2.00. The van der Waals surface area contributed by atoms with Crippen molar-refractivity contribution in [2.45, 2.75) is 26.3 Å². The van der Waals surface area contributed by atoms with Crippen LogP contribution in [0.5, 0.6) is 0 Å². The predicted molar refractivity (Wildman–Crippen MR) is 60.5 cm³/mol. The molecule has 1 aromatic heterocycles. The van der Waals surface area contributed by atoms with Crippen LogP contribution in [-0.4, -0.2) is 29.3 Å². The second kappa shape index (κ2) is 6.30. The maximum absolute atomic E-state index is 10.8. The van der Waals surface area contributed by atoms with Gasteiger partial charge in [-0.3, -0.25) is 4.98 Å². The minimum absolute atomic E-state index is 0.271. The third kappa shape index (κ3) is 5.27. The maximum atomic E-state index is 10.8. The van der Waals surface area contributed by atoms with E-state index < -0.39 is 0 Å². The van der Waals surface area contributed by atoms with E-state index >= 15 is 0 Å². The molecule has 15 heavy (non-hydrogen) atoms. The molecule has 0 aliphatic heterocycles. The van der Waals surface area contributed by atoms with Crippen LogP contribution in [0.3, 0.4) is 0 Å². The highest BCUT2D eigenvalue weighted by Crippen LogP contribution is 2.02. The van der Waals surface area contributed by atoms with Gasteiger partial charge in [0.15, 0.2) is 0 Å². The molecule has 82 valence electrons. The summed E-state index contributed by atoms with van der Waals surface area (Å²) in [5.41, 5.74) is 1.26. The van der Waals surface area contributed by atoms with E-state index in [1.807, 2.05) is 12.1 Å². The summed E-state index contributed by atoms with van der Waals surface area (Å²) < 4.78 is 0. The van der Waals surface area contributed by atoms with Crippen molar-refractivity contribution in [3.8, 4) is 0 Å². The summed E-state index contributed by atoms with van der Waals surface area (Å²) in [6.45, 7) is 3.52. The van der Waals surface area contributed by atoms with E-state index in [9.17, 15) is 4.79 Å². The molecule has 0 aliphatic carbocycles. The molecule has 0 bridgehead atoms. The molecule has 1 rings (SSSR count). The summed E-state index contributed by atoms with van der Waals surface area (Å²) in [5, 5.41) is 0. The van der Waals surface area contributed by atoms with Gasteiger partial charge in [-0.25, -0.2) is 0 Å². The Morgan fingerprint density at radius 1 is 1.40 bits per heavy atom. The normalized spacial score (nSPS) is 10.6. The zero-order valence-electron chi connectivity index (χ0n) is 9.44. The van der Waals surface area contributed by atoms with Crippen molar-refractivity contribution in [3.63, 3.8) is 0 Å². The van der Waals surface area contributed by atoms with Gasteiger partial charge in [0.05, 0.1) is 0 Å². The third-order valence-corrected chi connectivity index (χ3v) is 2.27. The lowest BCUT2D eigenvalue weighted by Gasteiger charge is -2.15. The summed E-state index contributed by atoms with van der Waals surface area (Å²) in [6.07, 6.45) is 5.23. The molecule has 1 heterocycles. The fourth-order valence-electron chi connectivity index (χ4n) is 1.48. The largest absolute Gasteiger partial charge is 0.302 e. The van der Waals surface area contributed by atoms with Crippen molar-refractivity contribution in [2.24, 2.45) is 0 Å². The van der Waals surface area contributed by atoms with Crippen LogP contribution < -0.4 is 0 Å². The molecule has 0 atom stereocenters. The number of Topliss-reactive ketones (excluding diaryl/α,β-unsaturated/α-hetero) is 1. The van der Waals surface area contributed by atoms with Crippen molar-refractivity contribution in [3.05, 3.63) is 30.1 Å². The monoisotopic (exact) mass is 206 g/mol. The van der Waals surface area contributed by atoms with Gasteiger partial charge in [-0.15, -0.1) is 0 Å². The van der Waals surface area contributed by atoms with Gasteiger partial charge in [-0.2, -0.15) is 0 Å². The summed E-state index contributed by atoms with van der Waals surface area (Å²) in [4.78, 5) is 17.0. The van der Waals surface area contributed by atoms with Crippen molar-refractivity contribution in [2.75, 3.05) is 13.6 Å². The first-order chi connectivity index (χ1) is 7.18. The molecular weight excluding hydrogens is 188 g/mol. The first kappa shape index (κ1) is 11.9. The molecule has 0 spiro atoms. The molecule has 0 unspecified atom stereocenters. The Balaban J connectivity index is 2.24. The van der Waals surface area contributed by atoms with Crippen LogP contribution in [-0.2, 0) is 11.3 Å². The minimum atomic E-state index is 0.271. The SMILES string of the molecule is CC(=O)CCCN(C)Cc1ccncc1. The molecule has 0 aliphatic rings. The first-order valence-corrected chi connectivity index (χ1v) is 5.25. The number of hydrogen-bond acceptors (Lipinski definition) is 3. The number of nitrogens with zero attached hydrogens (tertiary/aromatic N) is 2. The molecule has 3 nitrogen and oxygen atoms in total. The number of aromatic nitrogens is 1. The van der Waals surface area contributed by atoms with Crippen molar-refractivity contribution >= 4 is 5.78 Å². The first-order valence-electron chi connectivity index (χ1n) is 5.25. The number of pyridine rings is 1. The van der Waals surface area contributed by atoms with Gasteiger partial charge in [0.2, 0.25) is 0 Å². The highest BCUT2D eigenvalue weighted by molar-refractivity contribution is 5.75. The average molecular weight is 206 g/mol. The second-order valence-electron chi connectivity index (χ2n) is 3.90. The minimum Gasteiger partial charge on any atom is -0.302 e. The second-order valence-corrected chi connectivity index (χ2v) is 3.90. The van der Waals surface area contributed by atoms with Gasteiger partial charge in [-0.05, 0) is 44.6 Å². The van der Waals surface area contributed by atoms with E-state index in [0.717, 1.165) is 19.5 Å². The molecule has 0 saturated heterocycles. The smallest absolute Gasteiger partial charge is 0.129 e. The van der Waals surface area contributed by atoms with Gasteiger partial charge >= 0.3 is 0 Å². The summed E-state index contributed by atoms with van der Waals surface area (Å²) in [5.74, 6) is 0.271.